The third-order valence-corrected chi connectivity index (χ3v) is 3.21. The third kappa shape index (κ3) is 3.55. The average molecular weight is 341 g/mol. The summed E-state index contributed by atoms with van der Waals surface area (Å²) in [6.07, 6.45) is 0. The van der Waals surface area contributed by atoms with E-state index in [0.717, 1.165) is 0 Å². The van der Waals surface area contributed by atoms with Crippen LogP contribution in [0.25, 0.3) is 11.3 Å². The fourth-order valence-corrected chi connectivity index (χ4v) is 2.02. The second kappa shape index (κ2) is 6.70. The highest BCUT2D eigenvalue weighted by molar-refractivity contribution is 6.02. The van der Waals surface area contributed by atoms with Crippen LogP contribution in [0.1, 0.15) is 10.5 Å². The number of anilines is 1. The molecule has 0 aliphatic heterocycles. The number of aromatic amines is 1. The quantitative estimate of drug-likeness (QED) is 0.523. The summed E-state index contributed by atoms with van der Waals surface area (Å²) in [7, 11) is 1.45. The summed E-state index contributed by atoms with van der Waals surface area (Å²) in [5.41, 5.74) is 1.05. The van der Waals surface area contributed by atoms with E-state index in [1.807, 2.05) is 0 Å². The number of hydrogen-bond donors (Lipinski definition) is 2. The molecule has 2 N–H and O–H groups in total. The number of nitrogens with one attached hydrogen (secondary N) is 2. The summed E-state index contributed by atoms with van der Waals surface area (Å²) in [4.78, 5) is 26.8. The molecule has 0 aliphatic carbocycles. The monoisotopic (exact) mass is 341 g/mol. The molecule has 0 unspecified atom stereocenters. The molecule has 0 aliphatic rings. The number of pyridine rings is 1. The minimum absolute atomic E-state index is 0.00602. The number of non-ortho nitro benzene ring substituents is 1. The molecule has 25 heavy (non-hydrogen) atoms. The molecule has 3 rings (SSSR count). The number of H-pyrrole nitrogens is 1. The van der Waals surface area contributed by atoms with Gasteiger partial charge in [-0.25, -0.2) is 4.98 Å². The molecule has 1 aromatic carbocycles. The number of amides is 1. The lowest BCUT2D eigenvalue weighted by atomic mass is 10.1. The van der Waals surface area contributed by atoms with E-state index in [9.17, 15) is 14.9 Å². The van der Waals surface area contributed by atoms with Gasteiger partial charge in [-0.15, -0.1) is 5.10 Å². The number of carbonyl (C=O) groups excluding carboxylic acids is 1. The summed E-state index contributed by atoms with van der Waals surface area (Å²) < 4.78 is 5.19. The first-order valence-electron chi connectivity index (χ1n) is 6.92. The average Bonchev–Trinajstić information content (AvgIpc) is 3.14. The molecule has 0 saturated carbocycles. The van der Waals surface area contributed by atoms with Crippen LogP contribution in [0.3, 0.4) is 0 Å². The lowest BCUT2D eigenvalue weighted by molar-refractivity contribution is -0.384. The molecule has 11 heteroatoms. The number of nitro benzene ring substituents is 1. The lowest BCUT2D eigenvalue weighted by Crippen LogP contribution is -2.15. The van der Waals surface area contributed by atoms with Crippen molar-refractivity contribution in [1.82, 2.24) is 25.6 Å². The molecular weight excluding hydrogens is 330 g/mol. The van der Waals surface area contributed by atoms with E-state index in [0.29, 0.717) is 17.0 Å². The van der Waals surface area contributed by atoms with Gasteiger partial charge >= 0.3 is 0 Å². The van der Waals surface area contributed by atoms with Gasteiger partial charge in [0, 0.05) is 29.8 Å². The van der Waals surface area contributed by atoms with Gasteiger partial charge in [-0.1, -0.05) is 5.10 Å². The van der Waals surface area contributed by atoms with Crippen LogP contribution in [0.4, 0.5) is 11.6 Å². The molecule has 126 valence electrons. The Labute approximate surface area is 140 Å². The third-order valence-electron chi connectivity index (χ3n) is 3.21. The zero-order chi connectivity index (χ0) is 17.8. The van der Waals surface area contributed by atoms with E-state index >= 15 is 0 Å². The van der Waals surface area contributed by atoms with Crippen LogP contribution in [0.5, 0.6) is 5.75 Å². The summed E-state index contributed by atoms with van der Waals surface area (Å²) in [5, 5.41) is 26.0. The predicted molar refractivity (Wildman–Crippen MR) is 85.0 cm³/mol. The van der Waals surface area contributed by atoms with Gasteiger partial charge in [-0.3, -0.25) is 20.2 Å². The van der Waals surface area contributed by atoms with E-state index in [1.54, 1.807) is 18.2 Å². The van der Waals surface area contributed by atoms with Crippen molar-refractivity contribution < 1.29 is 14.5 Å². The van der Waals surface area contributed by atoms with Crippen LogP contribution in [-0.4, -0.2) is 43.5 Å². The topological polar surface area (TPSA) is 149 Å². The molecule has 1 amide bonds. The van der Waals surface area contributed by atoms with Gasteiger partial charge in [0.2, 0.25) is 0 Å². The minimum Gasteiger partial charge on any atom is -0.497 e. The standard InChI is InChI=1S/C14H11N7O4/c1-25-10-6-11(8-2-4-9(5-3-8)21(23)24)15-12(7-10)13(22)16-14-17-19-20-18-14/h2-7H,1H3,(H2,16,17,18,19,20,22). The fourth-order valence-electron chi connectivity index (χ4n) is 2.02. The van der Waals surface area contributed by atoms with Gasteiger partial charge in [0.15, 0.2) is 0 Å². The van der Waals surface area contributed by atoms with Crippen molar-refractivity contribution in [3.05, 3.63) is 52.2 Å². The number of carbonyl (C=O) groups is 1. The normalized spacial score (nSPS) is 10.3. The van der Waals surface area contributed by atoms with Gasteiger partial charge in [-0.2, -0.15) is 5.21 Å². The van der Waals surface area contributed by atoms with Crippen molar-refractivity contribution in [3.8, 4) is 17.0 Å². The highest BCUT2D eigenvalue weighted by atomic mass is 16.6. The number of benzene rings is 1. The lowest BCUT2D eigenvalue weighted by Gasteiger charge is -2.08. The van der Waals surface area contributed by atoms with Gasteiger partial charge in [0.05, 0.1) is 17.7 Å². The van der Waals surface area contributed by atoms with Crippen LogP contribution < -0.4 is 10.1 Å². The number of ether oxygens (including phenoxy) is 1. The van der Waals surface area contributed by atoms with E-state index in [1.165, 1.54) is 25.3 Å². The molecule has 0 spiro atoms. The molecule has 11 nitrogen and oxygen atoms in total. The van der Waals surface area contributed by atoms with E-state index in [-0.39, 0.29) is 17.3 Å². The highest BCUT2D eigenvalue weighted by Crippen LogP contribution is 2.25. The Morgan fingerprint density at radius 1 is 1.28 bits per heavy atom. The van der Waals surface area contributed by atoms with Crippen molar-refractivity contribution in [3.63, 3.8) is 0 Å². The molecule has 2 aromatic heterocycles. The maximum Gasteiger partial charge on any atom is 0.276 e. The Balaban J connectivity index is 1.94. The maximum atomic E-state index is 12.3. The Kier molecular flexibility index (Phi) is 4.28. The largest absolute Gasteiger partial charge is 0.497 e. The number of rotatable bonds is 5. The first-order valence-corrected chi connectivity index (χ1v) is 6.92. The Morgan fingerprint density at radius 3 is 2.64 bits per heavy atom. The summed E-state index contributed by atoms with van der Waals surface area (Å²) in [5.74, 6) is -0.142. The first-order chi connectivity index (χ1) is 12.1. The van der Waals surface area contributed by atoms with E-state index in [2.05, 4.69) is 30.9 Å². The summed E-state index contributed by atoms with van der Waals surface area (Å²) in [6.45, 7) is 0. The zero-order valence-electron chi connectivity index (χ0n) is 12.8. The van der Waals surface area contributed by atoms with Crippen molar-refractivity contribution in [2.24, 2.45) is 0 Å². The van der Waals surface area contributed by atoms with Crippen molar-refractivity contribution in [1.29, 1.82) is 0 Å². The van der Waals surface area contributed by atoms with E-state index < -0.39 is 10.8 Å². The van der Waals surface area contributed by atoms with Crippen LogP contribution in [-0.2, 0) is 0 Å². The minimum atomic E-state index is -0.552. The number of aromatic nitrogens is 5. The molecule has 0 bridgehead atoms. The van der Waals surface area contributed by atoms with Crippen molar-refractivity contribution in [2.75, 3.05) is 12.4 Å². The molecular formula is C14H11N7O4. The number of nitrogens with zero attached hydrogens (tertiary/aromatic N) is 5. The molecule has 0 radical (unpaired) electrons. The van der Waals surface area contributed by atoms with Gasteiger partial charge in [0.25, 0.3) is 17.5 Å². The zero-order valence-corrected chi connectivity index (χ0v) is 12.8. The van der Waals surface area contributed by atoms with Crippen LogP contribution in [0.15, 0.2) is 36.4 Å². The number of methoxy groups -OCH3 is 1. The van der Waals surface area contributed by atoms with Gasteiger partial charge < -0.3 is 4.74 Å². The molecule has 0 atom stereocenters. The fraction of sp³-hybridized carbons (Fsp3) is 0.0714. The second-order valence-electron chi connectivity index (χ2n) is 4.77. The van der Waals surface area contributed by atoms with Gasteiger partial charge in [-0.05, 0) is 17.3 Å². The van der Waals surface area contributed by atoms with Crippen LogP contribution >= 0.6 is 0 Å². The Bertz CT molecular complexity index is 909. The Morgan fingerprint density at radius 2 is 2.04 bits per heavy atom. The summed E-state index contributed by atoms with van der Waals surface area (Å²) >= 11 is 0. The van der Waals surface area contributed by atoms with Crippen LogP contribution in [0.2, 0.25) is 0 Å². The molecule has 2 heterocycles. The van der Waals surface area contributed by atoms with Crippen molar-refractivity contribution >= 4 is 17.5 Å². The molecule has 0 saturated heterocycles. The van der Waals surface area contributed by atoms with Crippen molar-refractivity contribution in [2.45, 2.75) is 0 Å². The number of tetrazole rings is 1. The van der Waals surface area contributed by atoms with Crippen LogP contribution in [0, 0.1) is 10.1 Å². The smallest absolute Gasteiger partial charge is 0.276 e. The second-order valence-corrected chi connectivity index (χ2v) is 4.77. The number of nitro groups is 1. The Hall–Kier alpha value is -3.89. The predicted octanol–water partition coefficient (Wildman–Crippen LogP) is 1.43. The summed E-state index contributed by atoms with van der Waals surface area (Å²) in [6, 6.07) is 8.86. The first kappa shape index (κ1) is 16.0. The van der Waals surface area contributed by atoms with E-state index in [4.69, 9.17) is 4.74 Å². The maximum absolute atomic E-state index is 12.3. The number of hydrogen-bond acceptors (Lipinski definition) is 8. The SMILES string of the molecule is COc1cc(C(=O)Nc2nn[nH]n2)nc(-c2ccc([N+](=O)[O-])cc2)c1. The van der Waals surface area contributed by atoms with Gasteiger partial charge in [0.1, 0.15) is 11.4 Å². The molecule has 3 aromatic rings. The molecule has 0 fully saturated rings. The highest BCUT2D eigenvalue weighted by Gasteiger charge is 2.15.